The molecule has 0 bridgehead atoms. The van der Waals surface area contributed by atoms with E-state index >= 15 is 4.39 Å². The molecule has 0 aliphatic heterocycles. The molecule has 5 aromatic rings. The SMILES string of the molecule is CCCCc1ccc(-c2ccc(-c3cc(F)c(C(F)(F)Oc4ccc(-c5cc(F)c(F)c(F)c5)c(F)c4)c(F)c3)c(F)c2)cc1. The molecule has 0 aliphatic carbocycles. The van der Waals surface area contributed by atoms with E-state index in [1.54, 1.807) is 0 Å². The van der Waals surface area contributed by atoms with Crippen LogP contribution in [0.2, 0.25) is 0 Å². The van der Waals surface area contributed by atoms with Crippen LogP contribution in [0.1, 0.15) is 30.9 Å². The van der Waals surface area contributed by atoms with Crippen LogP contribution in [0, 0.1) is 40.7 Å². The van der Waals surface area contributed by atoms with E-state index in [1.165, 1.54) is 18.2 Å². The van der Waals surface area contributed by atoms with Crippen LogP contribution in [0.15, 0.2) is 84.9 Å². The Balaban J connectivity index is 1.38. The zero-order chi connectivity index (χ0) is 32.5. The number of alkyl halides is 2. The van der Waals surface area contributed by atoms with Crippen molar-refractivity contribution in [2.45, 2.75) is 32.3 Å². The van der Waals surface area contributed by atoms with Gasteiger partial charge in [0.1, 0.15) is 34.6 Å². The van der Waals surface area contributed by atoms with E-state index in [9.17, 15) is 35.1 Å². The lowest BCUT2D eigenvalue weighted by Crippen LogP contribution is -2.25. The monoisotopic (exact) mass is 630 g/mol. The zero-order valence-corrected chi connectivity index (χ0v) is 23.5. The number of hydrogen-bond acceptors (Lipinski definition) is 1. The van der Waals surface area contributed by atoms with Crippen molar-refractivity contribution in [2.75, 3.05) is 0 Å². The van der Waals surface area contributed by atoms with Crippen molar-refractivity contribution in [1.29, 1.82) is 0 Å². The standard InChI is InChI=1S/C35H23F9O/c1-2-3-4-19-5-7-20(8-6-19)21-9-11-25(27(36)13-21)22-14-29(38)33(30(39)15-22)35(43,44)45-24-10-12-26(28(37)18-24)23-16-31(40)34(42)32(41)17-23/h5-18H,2-4H2,1H3. The van der Waals surface area contributed by atoms with Gasteiger partial charge in [-0.3, -0.25) is 0 Å². The molecule has 45 heavy (non-hydrogen) atoms. The van der Waals surface area contributed by atoms with Gasteiger partial charge in [-0.2, -0.15) is 8.78 Å². The molecule has 5 rings (SSSR count). The van der Waals surface area contributed by atoms with E-state index in [0.29, 0.717) is 41.5 Å². The zero-order valence-electron chi connectivity index (χ0n) is 23.5. The van der Waals surface area contributed by atoms with E-state index in [0.717, 1.165) is 37.0 Å². The number of benzene rings is 5. The minimum absolute atomic E-state index is 0.238. The Morgan fingerprint density at radius 2 is 1.02 bits per heavy atom. The van der Waals surface area contributed by atoms with E-state index in [-0.39, 0.29) is 11.1 Å². The van der Waals surface area contributed by atoms with Gasteiger partial charge >= 0.3 is 6.11 Å². The van der Waals surface area contributed by atoms with Gasteiger partial charge in [0, 0.05) is 17.2 Å². The second-order valence-electron chi connectivity index (χ2n) is 10.3. The Morgan fingerprint density at radius 3 is 1.56 bits per heavy atom. The molecule has 0 aromatic heterocycles. The maximum Gasteiger partial charge on any atom is 0.432 e. The lowest BCUT2D eigenvalue weighted by Gasteiger charge is -2.20. The summed E-state index contributed by atoms with van der Waals surface area (Å²) in [4.78, 5) is 0. The molecule has 0 heterocycles. The Hall–Kier alpha value is -4.73. The van der Waals surface area contributed by atoms with Crippen molar-refractivity contribution < 1.29 is 44.3 Å². The summed E-state index contributed by atoms with van der Waals surface area (Å²) < 4.78 is 134. The molecule has 0 saturated carbocycles. The summed E-state index contributed by atoms with van der Waals surface area (Å²) in [6, 6.07) is 15.5. The van der Waals surface area contributed by atoms with Gasteiger partial charge in [0.15, 0.2) is 17.5 Å². The predicted octanol–water partition coefficient (Wildman–Crippen LogP) is 11.1. The van der Waals surface area contributed by atoms with Crippen molar-refractivity contribution in [3.05, 3.63) is 137 Å². The van der Waals surface area contributed by atoms with Crippen molar-refractivity contribution >= 4 is 0 Å². The molecule has 5 aromatic carbocycles. The summed E-state index contributed by atoms with van der Waals surface area (Å²) in [5.41, 5.74) is -0.965. The highest BCUT2D eigenvalue weighted by atomic mass is 19.3. The molecule has 0 radical (unpaired) electrons. The normalized spacial score (nSPS) is 11.6. The summed E-state index contributed by atoms with van der Waals surface area (Å²) in [6.07, 6.45) is -1.68. The fourth-order valence-corrected chi connectivity index (χ4v) is 4.88. The molecule has 0 fully saturated rings. The third kappa shape index (κ3) is 6.69. The summed E-state index contributed by atoms with van der Waals surface area (Å²) in [6.45, 7) is 2.08. The fourth-order valence-electron chi connectivity index (χ4n) is 4.88. The van der Waals surface area contributed by atoms with Crippen LogP contribution in [0.3, 0.4) is 0 Å². The third-order valence-electron chi connectivity index (χ3n) is 7.20. The number of hydrogen-bond donors (Lipinski definition) is 0. The first kappa shape index (κ1) is 31.7. The maximum atomic E-state index is 15.1. The Kier molecular flexibility index (Phi) is 8.95. The number of ether oxygens (including phenoxy) is 1. The van der Waals surface area contributed by atoms with Gasteiger partial charge < -0.3 is 4.74 Å². The van der Waals surface area contributed by atoms with E-state index in [2.05, 4.69) is 11.7 Å². The molecule has 0 unspecified atom stereocenters. The first-order valence-electron chi connectivity index (χ1n) is 13.8. The van der Waals surface area contributed by atoms with Gasteiger partial charge in [-0.25, -0.2) is 30.7 Å². The smallest absolute Gasteiger partial charge is 0.429 e. The molecule has 0 aliphatic rings. The molecule has 0 amide bonds. The molecular formula is C35H23F9O. The van der Waals surface area contributed by atoms with Crippen molar-refractivity contribution in [3.8, 4) is 39.1 Å². The largest absolute Gasteiger partial charge is 0.432 e. The first-order chi connectivity index (χ1) is 21.4. The van der Waals surface area contributed by atoms with Crippen LogP contribution in [-0.4, -0.2) is 0 Å². The molecule has 0 atom stereocenters. The fraction of sp³-hybridized carbons (Fsp3) is 0.143. The van der Waals surface area contributed by atoms with Crippen LogP contribution < -0.4 is 4.74 Å². The molecule has 232 valence electrons. The Labute approximate surface area is 252 Å². The molecule has 10 heteroatoms. The highest BCUT2D eigenvalue weighted by Crippen LogP contribution is 2.39. The first-order valence-corrected chi connectivity index (χ1v) is 13.8. The van der Waals surface area contributed by atoms with Crippen molar-refractivity contribution in [1.82, 2.24) is 0 Å². The number of unbranched alkanes of at least 4 members (excludes halogenated alkanes) is 1. The highest BCUT2D eigenvalue weighted by molar-refractivity contribution is 5.71. The summed E-state index contributed by atoms with van der Waals surface area (Å²) in [5.74, 6) is -11.5. The van der Waals surface area contributed by atoms with Gasteiger partial charge in [0.05, 0.1) is 0 Å². The predicted molar refractivity (Wildman–Crippen MR) is 152 cm³/mol. The molecule has 0 saturated heterocycles. The molecular weight excluding hydrogens is 607 g/mol. The number of halogens is 9. The summed E-state index contributed by atoms with van der Waals surface area (Å²) in [7, 11) is 0. The van der Waals surface area contributed by atoms with Crippen molar-refractivity contribution in [3.63, 3.8) is 0 Å². The van der Waals surface area contributed by atoms with Gasteiger partial charge in [-0.05, 0) is 83.1 Å². The van der Waals surface area contributed by atoms with Gasteiger partial charge in [0.25, 0.3) is 0 Å². The van der Waals surface area contributed by atoms with Gasteiger partial charge in [-0.15, -0.1) is 0 Å². The average Bonchev–Trinajstić information content (AvgIpc) is 2.98. The van der Waals surface area contributed by atoms with Crippen LogP contribution in [0.25, 0.3) is 33.4 Å². The summed E-state index contributed by atoms with van der Waals surface area (Å²) in [5, 5.41) is 0. The van der Waals surface area contributed by atoms with Crippen LogP contribution in [-0.2, 0) is 12.5 Å². The van der Waals surface area contributed by atoms with E-state index in [1.807, 2.05) is 24.3 Å². The topological polar surface area (TPSA) is 9.23 Å². The Bertz CT molecular complexity index is 1820. The quantitative estimate of drug-likeness (QED) is 0.116. The van der Waals surface area contributed by atoms with Crippen LogP contribution >= 0.6 is 0 Å². The van der Waals surface area contributed by atoms with Crippen LogP contribution in [0.5, 0.6) is 5.75 Å². The molecule has 0 spiro atoms. The number of aryl methyl sites for hydroxylation is 1. The molecule has 0 N–H and O–H groups in total. The maximum absolute atomic E-state index is 15.1. The number of rotatable bonds is 9. The van der Waals surface area contributed by atoms with E-state index < -0.39 is 69.3 Å². The average molecular weight is 631 g/mol. The lowest BCUT2D eigenvalue weighted by molar-refractivity contribution is -0.189. The Morgan fingerprint density at radius 1 is 0.533 bits per heavy atom. The van der Waals surface area contributed by atoms with Crippen LogP contribution in [0.4, 0.5) is 39.5 Å². The van der Waals surface area contributed by atoms with E-state index in [4.69, 9.17) is 0 Å². The lowest BCUT2D eigenvalue weighted by atomic mass is 9.97. The highest BCUT2D eigenvalue weighted by Gasteiger charge is 2.41. The second kappa shape index (κ2) is 12.7. The second-order valence-corrected chi connectivity index (χ2v) is 10.3. The summed E-state index contributed by atoms with van der Waals surface area (Å²) >= 11 is 0. The third-order valence-corrected chi connectivity index (χ3v) is 7.20. The minimum atomic E-state index is -4.67. The molecule has 1 nitrogen and oxygen atoms in total. The van der Waals surface area contributed by atoms with Gasteiger partial charge in [0.2, 0.25) is 0 Å². The minimum Gasteiger partial charge on any atom is -0.429 e. The van der Waals surface area contributed by atoms with Gasteiger partial charge in [-0.1, -0.05) is 49.7 Å². The van der Waals surface area contributed by atoms with Crippen molar-refractivity contribution in [2.24, 2.45) is 0 Å².